The van der Waals surface area contributed by atoms with E-state index in [2.05, 4.69) is 6.58 Å². The van der Waals surface area contributed by atoms with E-state index >= 15 is 0 Å². The van der Waals surface area contributed by atoms with Crippen molar-refractivity contribution in [1.82, 2.24) is 5.06 Å². The average molecular weight is 273 g/mol. The quantitative estimate of drug-likeness (QED) is 0.543. The van der Waals surface area contributed by atoms with Gasteiger partial charge in [0.2, 0.25) is 0 Å². The van der Waals surface area contributed by atoms with Gasteiger partial charge in [0.25, 0.3) is 5.91 Å². The molecule has 1 heterocycles. The Hall–Kier alpha value is -0.830. The number of hydrogen-bond acceptors (Lipinski definition) is 2. The summed E-state index contributed by atoms with van der Waals surface area (Å²) in [7, 11) is 0. The molecule has 4 aliphatic carbocycles. The third kappa shape index (κ3) is 1.20. The molecule has 5 fully saturated rings. The lowest BCUT2D eigenvalue weighted by atomic mass is 9.66. The fourth-order valence-corrected chi connectivity index (χ4v) is 6.88. The standard InChI is InChI=1S/C17H23NO2/c1-8(2)17(19)18-16-12-6-11(13(16)7-20-18)14-9-3-4-10(5-9)15(12)14/h9-16H,1,3-7H2,2H3. The summed E-state index contributed by atoms with van der Waals surface area (Å²) in [4.78, 5) is 18.1. The van der Waals surface area contributed by atoms with Gasteiger partial charge in [-0.3, -0.25) is 9.63 Å². The molecule has 5 aliphatic rings. The Kier molecular flexibility index (Phi) is 2.17. The molecule has 8 atom stereocenters. The maximum atomic E-state index is 12.3. The summed E-state index contributed by atoms with van der Waals surface area (Å²) >= 11 is 0. The molecule has 108 valence electrons. The van der Waals surface area contributed by atoms with Crippen LogP contribution in [0.2, 0.25) is 0 Å². The van der Waals surface area contributed by atoms with Gasteiger partial charge < -0.3 is 0 Å². The number of hydrogen-bond donors (Lipinski definition) is 0. The van der Waals surface area contributed by atoms with Crippen LogP contribution in [-0.4, -0.2) is 23.6 Å². The highest BCUT2D eigenvalue weighted by Gasteiger charge is 2.68. The van der Waals surface area contributed by atoms with E-state index in [9.17, 15) is 4.79 Å². The van der Waals surface area contributed by atoms with E-state index in [4.69, 9.17) is 4.84 Å². The van der Waals surface area contributed by atoms with Gasteiger partial charge >= 0.3 is 0 Å². The van der Waals surface area contributed by atoms with Crippen LogP contribution in [0.25, 0.3) is 0 Å². The molecule has 0 radical (unpaired) electrons. The first-order valence-electron chi connectivity index (χ1n) is 8.29. The van der Waals surface area contributed by atoms with Crippen LogP contribution in [0.5, 0.6) is 0 Å². The molecule has 1 amide bonds. The second-order valence-electron chi connectivity index (χ2n) is 7.91. The van der Waals surface area contributed by atoms with Crippen LogP contribution in [0.1, 0.15) is 32.6 Å². The molecular weight excluding hydrogens is 250 g/mol. The predicted molar refractivity (Wildman–Crippen MR) is 74.3 cm³/mol. The van der Waals surface area contributed by atoms with Crippen molar-refractivity contribution in [3.05, 3.63) is 12.2 Å². The largest absolute Gasteiger partial charge is 0.272 e. The van der Waals surface area contributed by atoms with E-state index in [0.29, 0.717) is 17.5 Å². The Labute approximate surface area is 120 Å². The Morgan fingerprint density at radius 2 is 1.80 bits per heavy atom. The van der Waals surface area contributed by atoms with E-state index in [-0.39, 0.29) is 5.91 Å². The fraction of sp³-hybridized carbons (Fsp3) is 0.824. The first-order chi connectivity index (χ1) is 9.66. The molecule has 5 rings (SSSR count). The Bertz CT molecular complexity index is 501. The molecular formula is C17H23NO2. The molecule has 20 heavy (non-hydrogen) atoms. The molecule has 1 saturated heterocycles. The van der Waals surface area contributed by atoms with E-state index in [1.165, 1.54) is 25.7 Å². The lowest BCUT2D eigenvalue weighted by molar-refractivity contribution is -0.176. The van der Waals surface area contributed by atoms with E-state index in [1.807, 2.05) is 0 Å². The van der Waals surface area contributed by atoms with Crippen LogP contribution in [-0.2, 0) is 9.63 Å². The van der Waals surface area contributed by atoms with Gasteiger partial charge in [-0.2, -0.15) is 0 Å². The van der Waals surface area contributed by atoms with Crippen LogP contribution < -0.4 is 0 Å². The molecule has 0 aromatic carbocycles. The molecule has 3 nitrogen and oxygen atoms in total. The highest BCUT2D eigenvalue weighted by atomic mass is 16.7. The van der Waals surface area contributed by atoms with Crippen LogP contribution >= 0.6 is 0 Å². The maximum Gasteiger partial charge on any atom is 0.272 e. The minimum Gasteiger partial charge on any atom is -0.270 e. The Morgan fingerprint density at radius 3 is 2.50 bits per heavy atom. The number of carbonyl (C=O) groups excluding carboxylic acids is 1. The molecule has 0 N–H and O–H groups in total. The summed E-state index contributed by atoms with van der Waals surface area (Å²) in [5.74, 6) is 6.04. The van der Waals surface area contributed by atoms with Gasteiger partial charge in [0.05, 0.1) is 12.6 Å². The van der Waals surface area contributed by atoms with Gasteiger partial charge in [-0.05, 0) is 68.1 Å². The van der Waals surface area contributed by atoms with E-state index in [1.54, 1.807) is 12.0 Å². The number of nitrogens with zero attached hydrogens (tertiary/aromatic N) is 1. The molecule has 4 bridgehead atoms. The number of carbonyl (C=O) groups is 1. The lowest BCUT2D eigenvalue weighted by Crippen LogP contribution is -2.47. The average Bonchev–Trinajstić information content (AvgIpc) is 3.18. The second kappa shape index (κ2) is 3.68. The number of amides is 1. The molecule has 3 heteroatoms. The van der Waals surface area contributed by atoms with Crippen molar-refractivity contribution in [3.63, 3.8) is 0 Å². The minimum absolute atomic E-state index is 0.0183. The third-order valence-electron chi connectivity index (χ3n) is 7.25. The monoisotopic (exact) mass is 273 g/mol. The van der Waals surface area contributed by atoms with Gasteiger partial charge in [0.15, 0.2) is 0 Å². The summed E-state index contributed by atoms with van der Waals surface area (Å²) in [6, 6.07) is 0.366. The first kappa shape index (κ1) is 11.8. The Morgan fingerprint density at radius 1 is 1.10 bits per heavy atom. The normalized spacial score (nSPS) is 54.4. The van der Waals surface area contributed by atoms with Gasteiger partial charge in [-0.1, -0.05) is 6.58 Å². The molecule has 4 saturated carbocycles. The van der Waals surface area contributed by atoms with E-state index < -0.39 is 0 Å². The third-order valence-corrected chi connectivity index (χ3v) is 7.25. The Balaban J connectivity index is 1.49. The highest BCUT2D eigenvalue weighted by molar-refractivity contribution is 5.91. The number of hydroxylamine groups is 2. The zero-order valence-electron chi connectivity index (χ0n) is 12.1. The van der Waals surface area contributed by atoms with Gasteiger partial charge in [0, 0.05) is 11.5 Å². The van der Waals surface area contributed by atoms with Crippen LogP contribution in [0.15, 0.2) is 12.2 Å². The van der Waals surface area contributed by atoms with Crippen molar-refractivity contribution in [3.8, 4) is 0 Å². The van der Waals surface area contributed by atoms with Crippen molar-refractivity contribution in [1.29, 1.82) is 0 Å². The van der Waals surface area contributed by atoms with Crippen LogP contribution in [0.4, 0.5) is 0 Å². The summed E-state index contributed by atoms with van der Waals surface area (Å²) in [6.07, 6.45) is 5.77. The zero-order chi connectivity index (χ0) is 13.6. The lowest BCUT2D eigenvalue weighted by Gasteiger charge is -2.41. The van der Waals surface area contributed by atoms with Crippen molar-refractivity contribution in [2.24, 2.45) is 41.4 Å². The topological polar surface area (TPSA) is 29.5 Å². The van der Waals surface area contributed by atoms with Crippen LogP contribution in [0, 0.1) is 41.4 Å². The fourth-order valence-electron chi connectivity index (χ4n) is 6.88. The molecule has 0 spiro atoms. The first-order valence-corrected chi connectivity index (χ1v) is 8.29. The zero-order valence-corrected chi connectivity index (χ0v) is 12.1. The number of rotatable bonds is 1. The molecule has 0 aromatic rings. The maximum absolute atomic E-state index is 12.3. The van der Waals surface area contributed by atoms with Crippen molar-refractivity contribution in [2.75, 3.05) is 6.61 Å². The summed E-state index contributed by atoms with van der Waals surface area (Å²) in [6.45, 7) is 6.38. The van der Waals surface area contributed by atoms with Crippen LogP contribution in [0.3, 0.4) is 0 Å². The van der Waals surface area contributed by atoms with Gasteiger partial charge in [0.1, 0.15) is 0 Å². The summed E-state index contributed by atoms with van der Waals surface area (Å²) in [5.41, 5.74) is 0.609. The van der Waals surface area contributed by atoms with Gasteiger partial charge in [-0.15, -0.1) is 0 Å². The summed E-state index contributed by atoms with van der Waals surface area (Å²) < 4.78 is 0. The molecule has 8 unspecified atom stereocenters. The summed E-state index contributed by atoms with van der Waals surface area (Å²) in [5, 5.41) is 1.72. The molecule has 0 aromatic heterocycles. The minimum atomic E-state index is 0.0183. The van der Waals surface area contributed by atoms with E-state index in [0.717, 1.165) is 42.1 Å². The smallest absolute Gasteiger partial charge is 0.270 e. The van der Waals surface area contributed by atoms with Gasteiger partial charge in [-0.25, -0.2) is 5.06 Å². The predicted octanol–water partition coefficient (Wildman–Crippen LogP) is 2.63. The molecule has 1 aliphatic heterocycles. The number of fused-ring (bicyclic) bond motifs is 12. The van der Waals surface area contributed by atoms with Crippen molar-refractivity contribution >= 4 is 5.91 Å². The van der Waals surface area contributed by atoms with Crippen molar-refractivity contribution in [2.45, 2.75) is 38.6 Å². The van der Waals surface area contributed by atoms with Crippen molar-refractivity contribution < 1.29 is 9.63 Å². The SMILES string of the molecule is C=C(C)C(=O)N1OCC2C3CC(C4C5CCC(C5)C34)C21. The highest BCUT2D eigenvalue weighted by Crippen LogP contribution is 2.70. The second-order valence-corrected chi connectivity index (χ2v) is 7.91.